The number of halogens is 4. The van der Waals surface area contributed by atoms with Gasteiger partial charge in [0.2, 0.25) is 10.0 Å². The summed E-state index contributed by atoms with van der Waals surface area (Å²) in [5.41, 5.74) is 1.84. The molecule has 2 aromatic carbocycles. The fraction of sp³-hybridized carbons (Fsp3) is 0.286. The van der Waals surface area contributed by atoms with Gasteiger partial charge < -0.3 is 0 Å². The molecule has 1 fully saturated rings. The third kappa shape index (κ3) is 6.15. The van der Waals surface area contributed by atoms with Gasteiger partial charge in [-0.2, -0.15) is 17.5 Å². The molecule has 0 saturated carbocycles. The third-order valence-electron chi connectivity index (χ3n) is 4.82. The molecule has 0 radical (unpaired) electrons. The van der Waals surface area contributed by atoms with Crippen molar-refractivity contribution in [2.75, 3.05) is 13.1 Å². The number of hydrogen-bond donors (Lipinski definition) is 1. The van der Waals surface area contributed by atoms with Crippen LogP contribution in [0, 0.1) is 5.82 Å². The Morgan fingerprint density at radius 2 is 1.75 bits per heavy atom. The molecule has 6 nitrogen and oxygen atoms in total. The summed E-state index contributed by atoms with van der Waals surface area (Å²) in [6.45, 7) is 0.0646. The van der Waals surface area contributed by atoms with E-state index in [-0.39, 0.29) is 25.9 Å². The van der Waals surface area contributed by atoms with E-state index in [1.165, 1.54) is 36.4 Å². The van der Waals surface area contributed by atoms with Crippen molar-refractivity contribution in [3.05, 3.63) is 71.6 Å². The molecule has 1 saturated heterocycles. The Hall–Kier alpha value is -2.76. The number of benzene rings is 2. The lowest BCUT2D eigenvalue weighted by Gasteiger charge is -2.30. The fourth-order valence-electron chi connectivity index (χ4n) is 3.09. The first-order chi connectivity index (χ1) is 15.1. The standard InChI is InChI=1S/C21H20F4N2O4S/c22-17-7-4-15(5-8-17)6-9-20(28)26-31-18-10-12-27(13-11-18)32(29,30)19-3-1-2-16(14-19)21(23,24)25/h1-9,14,18H,10-13H2,(H,26,28)/b9-6+. The largest absolute Gasteiger partial charge is 0.416 e. The normalized spacial score (nSPS) is 16.4. The molecular weight excluding hydrogens is 452 g/mol. The van der Waals surface area contributed by atoms with Crippen LogP contribution in [0.25, 0.3) is 6.08 Å². The Labute approximate surface area is 182 Å². The molecule has 0 aliphatic carbocycles. The van der Waals surface area contributed by atoms with E-state index in [1.54, 1.807) is 0 Å². The summed E-state index contributed by atoms with van der Waals surface area (Å²) >= 11 is 0. The van der Waals surface area contributed by atoms with Crippen molar-refractivity contribution in [2.24, 2.45) is 0 Å². The molecule has 1 aliphatic heterocycles. The van der Waals surface area contributed by atoms with Crippen molar-refractivity contribution >= 4 is 22.0 Å². The second kappa shape index (κ2) is 9.80. The Morgan fingerprint density at radius 1 is 1.09 bits per heavy atom. The first-order valence-electron chi connectivity index (χ1n) is 9.62. The highest BCUT2D eigenvalue weighted by molar-refractivity contribution is 7.89. The van der Waals surface area contributed by atoms with E-state index in [0.717, 1.165) is 22.5 Å². The Bertz CT molecular complexity index is 1080. The number of piperidine rings is 1. The molecule has 11 heteroatoms. The molecule has 1 N–H and O–H groups in total. The highest BCUT2D eigenvalue weighted by atomic mass is 32.2. The molecule has 32 heavy (non-hydrogen) atoms. The average molecular weight is 472 g/mol. The summed E-state index contributed by atoms with van der Waals surface area (Å²) in [5.74, 6) is -0.940. The summed E-state index contributed by atoms with van der Waals surface area (Å²) in [4.78, 5) is 16.7. The molecule has 0 aromatic heterocycles. The van der Waals surface area contributed by atoms with Crippen molar-refractivity contribution in [1.29, 1.82) is 0 Å². The maximum Gasteiger partial charge on any atom is 0.416 e. The highest BCUT2D eigenvalue weighted by Crippen LogP contribution is 2.31. The zero-order valence-corrected chi connectivity index (χ0v) is 17.5. The maximum absolute atomic E-state index is 12.9. The quantitative estimate of drug-likeness (QED) is 0.395. The number of nitrogens with one attached hydrogen (secondary N) is 1. The van der Waals surface area contributed by atoms with Crippen molar-refractivity contribution in [1.82, 2.24) is 9.79 Å². The van der Waals surface area contributed by atoms with Crippen LogP contribution in [-0.4, -0.2) is 37.8 Å². The van der Waals surface area contributed by atoms with Crippen molar-refractivity contribution in [3.63, 3.8) is 0 Å². The van der Waals surface area contributed by atoms with Crippen molar-refractivity contribution in [2.45, 2.75) is 30.0 Å². The van der Waals surface area contributed by atoms with Crippen LogP contribution in [-0.2, 0) is 25.8 Å². The number of carbonyl (C=O) groups excluding carboxylic acids is 1. The molecule has 1 amide bonds. The smallest absolute Gasteiger partial charge is 0.270 e. The van der Waals surface area contributed by atoms with E-state index in [0.29, 0.717) is 11.6 Å². The van der Waals surface area contributed by atoms with E-state index in [1.807, 2.05) is 0 Å². The topological polar surface area (TPSA) is 75.7 Å². The van der Waals surface area contributed by atoms with E-state index < -0.39 is 44.5 Å². The molecule has 0 unspecified atom stereocenters. The van der Waals surface area contributed by atoms with E-state index in [4.69, 9.17) is 4.84 Å². The SMILES string of the molecule is O=C(/C=C/c1ccc(F)cc1)NOC1CCN(S(=O)(=O)c2cccc(C(F)(F)F)c2)CC1. The molecule has 172 valence electrons. The second-order valence-corrected chi connectivity index (χ2v) is 9.04. The lowest BCUT2D eigenvalue weighted by molar-refractivity contribution is -0.137. The zero-order chi connectivity index (χ0) is 23.4. The van der Waals surface area contributed by atoms with Crippen LogP contribution in [0.15, 0.2) is 59.5 Å². The van der Waals surface area contributed by atoms with Crippen LogP contribution < -0.4 is 5.48 Å². The molecule has 2 aromatic rings. The number of rotatable bonds is 6. The summed E-state index contributed by atoms with van der Waals surface area (Å²) < 4.78 is 78.0. The van der Waals surface area contributed by atoms with Gasteiger partial charge in [0.05, 0.1) is 16.6 Å². The predicted molar refractivity (Wildman–Crippen MR) is 108 cm³/mol. The maximum atomic E-state index is 12.9. The number of hydrogen-bond acceptors (Lipinski definition) is 4. The highest BCUT2D eigenvalue weighted by Gasteiger charge is 2.34. The summed E-state index contributed by atoms with van der Waals surface area (Å²) in [6.07, 6.45) is -1.91. The van der Waals surface area contributed by atoms with Crippen molar-refractivity contribution < 1.29 is 35.6 Å². The van der Waals surface area contributed by atoms with Gasteiger partial charge in [0, 0.05) is 19.2 Å². The van der Waals surface area contributed by atoms with Crippen LogP contribution in [0.5, 0.6) is 0 Å². The molecule has 0 spiro atoms. The van der Waals surface area contributed by atoms with Gasteiger partial charge in [-0.1, -0.05) is 18.2 Å². The molecular formula is C21H20F4N2O4S. The van der Waals surface area contributed by atoms with Gasteiger partial charge in [-0.3, -0.25) is 9.63 Å². The third-order valence-corrected chi connectivity index (χ3v) is 6.72. The van der Waals surface area contributed by atoms with E-state index >= 15 is 0 Å². The summed E-state index contributed by atoms with van der Waals surface area (Å²) in [7, 11) is -4.09. The number of alkyl halides is 3. The van der Waals surface area contributed by atoms with E-state index in [9.17, 15) is 30.8 Å². The molecule has 1 aliphatic rings. The minimum Gasteiger partial charge on any atom is -0.270 e. The number of carbonyl (C=O) groups is 1. The van der Waals surface area contributed by atoms with Gasteiger partial charge in [0.15, 0.2) is 0 Å². The van der Waals surface area contributed by atoms with Crippen LogP contribution in [0.2, 0.25) is 0 Å². The fourth-order valence-corrected chi connectivity index (χ4v) is 4.61. The number of nitrogens with zero attached hydrogens (tertiary/aromatic N) is 1. The van der Waals surface area contributed by atoms with Gasteiger partial charge >= 0.3 is 6.18 Å². The monoisotopic (exact) mass is 472 g/mol. The van der Waals surface area contributed by atoms with Crippen molar-refractivity contribution in [3.8, 4) is 0 Å². The minimum absolute atomic E-state index is 0.0323. The van der Waals surface area contributed by atoms with Gasteiger partial charge in [-0.15, -0.1) is 0 Å². The summed E-state index contributed by atoms with van der Waals surface area (Å²) in [6, 6.07) is 9.13. The second-order valence-electron chi connectivity index (χ2n) is 7.10. The zero-order valence-electron chi connectivity index (χ0n) is 16.7. The van der Waals surface area contributed by atoms with Gasteiger partial charge in [0.25, 0.3) is 5.91 Å². The van der Waals surface area contributed by atoms with Gasteiger partial charge in [-0.05, 0) is 54.8 Å². The Morgan fingerprint density at radius 3 is 2.38 bits per heavy atom. The van der Waals surface area contributed by atoms with E-state index in [2.05, 4.69) is 5.48 Å². The van der Waals surface area contributed by atoms with Gasteiger partial charge in [0.1, 0.15) is 5.82 Å². The Kier molecular flexibility index (Phi) is 7.32. The first kappa shape index (κ1) is 23.9. The van der Waals surface area contributed by atoms with Crippen LogP contribution in [0.1, 0.15) is 24.0 Å². The number of sulfonamides is 1. The summed E-state index contributed by atoms with van der Waals surface area (Å²) in [5, 5.41) is 0. The molecule has 3 rings (SSSR count). The minimum atomic E-state index is -4.64. The predicted octanol–water partition coefficient (Wildman–Crippen LogP) is 3.76. The van der Waals surface area contributed by atoms with Crippen LogP contribution >= 0.6 is 0 Å². The van der Waals surface area contributed by atoms with Gasteiger partial charge in [-0.25, -0.2) is 18.3 Å². The first-order valence-corrected chi connectivity index (χ1v) is 11.1. The molecule has 0 atom stereocenters. The lowest BCUT2D eigenvalue weighted by Crippen LogP contribution is -2.42. The average Bonchev–Trinajstić information content (AvgIpc) is 2.77. The molecule has 0 bridgehead atoms. The molecule has 1 heterocycles. The number of amides is 1. The van der Waals surface area contributed by atoms with Crippen LogP contribution in [0.4, 0.5) is 17.6 Å². The lowest BCUT2D eigenvalue weighted by atomic mass is 10.1. The number of hydroxylamine groups is 1. The van der Waals surface area contributed by atoms with Crippen LogP contribution in [0.3, 0.4) is 0 Å². The Balaban J connectivity index is 1.51.